The molecule has 0 bridgehead atoms. The van der Waals surface area contributed by atoms with Crippen molar-refractivity contribution in [2.24, 2.45) is 0 Å². The van der Waals surface area contributed by atoms with Crippen molar-refractivity contribution in [2.45, 2.75) is 33.0 Å². The first kappa shape index (κ1) is 11.7. The van der Waals surface area contributed by atoms with E-state index in [1.54, 1.807) is 6.33 Å². The first-order valence-corrected chi connectivity index (χ1v) is 5.82. The van der Waals surface area contributed by atoms with Gasteiger partial charge in [0, 0.05) is 18.8 Å². The molecule has 0 aliphatic carbocycles. The molecule has 5 heteroatoms. The van der Waals surface area contributed by atoms with E-state index in [1.807, 2.05) is 29.1 Å². The van der Waals surface area contributed by atoms with Crippen LogP contribution in [0, 0.1) is 0 Å². The number of rotatable bonds is 5. The molecule has 0 aromatic carbocycles. The first-order valence-electron chi connectivity index (χ1n) is 5.82. The van der Waals surface area contributed by atoms with Crippen molar-refractivity contribution in [1.29, 1.82) is 0 Å². The van der Waals surface area contributed by atoms with Gasteiger partial charge in [-0.15, -0.1) is 0 Å². The maximum absolute atomic E-state index is 4.32. The van der Waals surface area contributed by atoms with Gasteiger partial charge in [0.05, 0.1) is 12.2 Å². The summed E-state index contributed by atoms with van der Waals surface area (Å²) in [5, 5.41) is 7.53. The Labute approximate surface area is 101 Å². The zero-order chi connectivity index (χ0) is 12.1. The summed E-state index contributed by atoms with van der Waals surface area (Å²) in [6.07, 6.45) is 3.40. The third kappa shape index (κ3) is 2.88. The summed E-state index contributed by atoms with van der Waals surface area (Å²) in [6, 6.07) is 6.14. The van der Waals surface area contributed by atoms with Crippen LogP contribution in [0.4, 0.5) is 0 Å². The van der Waals surface area contributed by atoms with Crippen LogP contribution in [0.15, 0.2) is 30.7 Å². The van der Waals surface area contributed by atoms with Gasteiger partial charge in [-0.05, 0) is 26.0 Å². The van der Waals surface area contributed by atoms with Crippen LogP contribution in [-0.2, 0) is 13.1 Å². The second-order valence-electron chi connectivity index (χ2n) is 3.85. The van der Waals surface area contributed by atoms with E-state index in [4.69, 9.17) is 0 Å². The highest BCUT2D eigenvalue weighted by Gasteiger charge is 2.08. The van der Waals surface area contributed by atoms with Gasteiger partial charge in [-0.3, -0.25) is 4.98 Å². The Hall–Kier alpha value is -1.75. The van der Waals surface area contributed by atoms with Crippen molar-refractivity contribution >= 4 is 0 Å². The Balaban J connectivity index is 1.95. The predicted octanol–water partition coefficient (Wildman–Crippen LogP) is 1.54. The second-order valence-corrected chi connectivity index (χ2v) is 3.85. The van der Waals surface area contributed by atoms with Crippen LogP contribution in [0.2, 0.25) is 0 Å². The maximum Gasteiger partial charge on any atom is 0.140 e. The molecule has 90 valence electrons. The highest BCUT2D eigenvalue weighted by molar-refractivity contribution is 5.07. The minimum absolute atomic E-state index is 0.207. The normalized spacial score (nSPS) is 12.6. The molecule has 0 spiro atoms. The van der Waals surface area contributed by atoms with Crippen molar-refractivity contribution in [3.63, 3.8) is 0 Å². The Kier molecular flexibility index (Phi) is 3.82. The van der Waals surface area contributed by atoms with Crippen LogP contribution in [0.5, 0.6) is 0 Å². The number of aromatic nitrogens is 4. The Bertz CT molecular complexity index is 451. The number of aryl methyl sites for hydroxylation is 1. The minimum atomic E-state index is 0.207. The van der Waals surface area contributed by atoms with Crippen LogP contribution in [0.25, 0.3) is 0 Å². The fourth-order valence-corrected chi connectivity index (χ4v) is 1.67. The minimum Gasteiger partial charge on any atom is -0.302 e. The van der Waals surface area contributed by atoms with Crippen LogP contribution in [-0.4, -0.2) is 19.7 Å². The molecule has 0 aliphatic heterocycles. The SMILES string of the molecule is CCn1ncnc1CN[C@H](C)c1ccccn1. The zero-order valence-electron chi connectivity index (χ0n) is 10.2. The van der Waals surface area contributed by atoms with Gasteiger partial charge in [0.1, 0.15) is 12.2 Å². The third-order valence-corrected chi connectivity index (χ3v) is 2.69. The summed E-state index contributed by atoms with van der Waals surface area (Å²) < 4.78 is 1.89. The number of hydrogen-bond acceptors (Lipinski definition) is 4. The molecule has 1 N–H and O–H groups in total. The van der Waals surface area contributed by atoms with E-state index in [9.17, 15) is 0 Å². The molecule has 0 radical (unpaired) electrons. The molecule has 2 rings (SSSR count). The standard InChI is InChI=1S/C12H17N5/c1-3-17-12(15-9-16-17)8-14-10(2)11-6-4-5-7-13-11/h4-7,9-10,14H,3,8H2,1-2H3/t10-/m1/s1. The summed E-state index contributed by atoms with van der Waals surface area (Å²) in [5.74, 6) is 0.954. The van der Waals surface area contributed by atoms with Gasteiger partial charge in [0.2, 0.25) is 0 Å². The Morgan fingerprint density at radius 1 is 1.35 bits per heavy atom. The number of nitrogens with one attached hydrogen (secondary N) is 1. The van der Waals surface area contributed by atoms with E-state index in [2.05, 4.69) is 34.2 Å². The zero-order valence-corrected chi connectivity index (χ0v) is 10.2. The fraction of sp³-hybridized carbons (Fsp3) is 0.417. The van der Waals surface area contributed by atoms with Crippen molar-refractivity contribution in [3.05, 3.63) is 42.2 Å². The average molecular weight is 231 g/mol. The number of hydrogen-bond donors (Lipinski definition) is 1. The van der Waals surface area contributed by atoms with Gasteiger partial charge in [0.15, 0.2) is 0 Å². The van der Waals surface area contributed by atoms with E-state index < -0.39 is 0 Å². The van der Waals surface area contributed by atoms with E-state index in [0.717, 1.165) is 18.1 Å². The van der Waals surface area contributed by atoms with Gasteiger partial charge >= 0.3 is 0 Å². The molecular weight excluding hydrogens is 214 g/mol. The van der Waals surface area contributed by atoms with E-state index in [-0.39, 0.29) is 6.04 Å². The number of pyridine rings is 1. The summed E-state index contributed by atoms with van der Waals surface area (Å²) in [6.45, 7) is 5.69. The van der Waals surface area contributed by atoms with E-state index in [1.165, 1.54) is 0 Å². The highest BCUT2D eigenvalue weighted by atomic mass is 15.3. The van der Waals surface area contributed by atoms with E-state index >= 15 is 0 Å². The lowest BCUT2D eigenvalue weighted by molar-refractivity contribution is 0.516. The van der Waals surface area contributed by atoms with Crippen LogP contribution >= 0.6 is 0 Å². The summed E-state index contributed by atoms with van der Waals surface area (Å²) in [7, 11) is 0. The van der Waals surface area contributed by atoms with Gasteiger partial charge in [-0.25, -0.2) is 9.67 Å². The Morgan fingerprint density at radius 3 is 2.94 bits per heavy atom. The highest BCUT2D eigenvalue weighted by Crippen LogP contribution is 2.08. The topological polar surface area (TPSA) is 55.6 Å². The molecule has 0 fully saturated rings. The third-order valence-electron chi connectivity index (χ3n) is 2.69. The molecule has 2 aromatic rings. The lowest BCUT2D eigenvalue weighted by Crippen LogP contribution is -2.21. The summed E-state index contributed by atoms with van der Waals surface area (Å²) in [5.41, 5.74) is 1.04. The fourth-order valence-electron chi connectivity index (χ4n) is 1.67. The lowest BCUT2D eigenvalue weighted by atomic mass is 10.2. The molecule has 2 heterocycles. The average Bonchev–Trinajstić information content (AvgIpc) is 2.84. The van der Waals surface area contributed by atoms with Crippen molar-refractivity contribution < 1.29 is 0 Å². The predicted molar refractivity (Wildman–Crippen MR) is 65.2 cm³/mol. The lowest BCUT2D eigenvalue weighted by Gasteiger charge is -2.12. The van der Waals surface area contributed by atoms with Crippen LogP contribution in [0.3, 0.4) is 0 Å². The van der Waals surface area contributed by atoms with Crippen LogP contribution in [0.1, 0.15) is 31.4 Å². The molecule has 0 aliphatic rings. The van der Waals surface area contributed by atoms with Crippen molar-refractivity contribution in [2.75, 3.05) is 0 Å². The van der Waals surface area contributed by atoms with Gasteiger partial charge < -0.3 is 5.32 Å². The molecule has 0 unspecified atom stereocenters. The first-order chi connectivity index (χ1) is 8.31. The van der Waals surface area contributed by atoms with Crippen LogP contribution < -0.4 is 5.32 Å². The monoisotopic (exact) mass is 231 g/mol. The molecule has 0 saturated heterocycles. The Morgan fingerprint density at radius 2 is 2.24 bits per heavy atom. The van der Waals surface area contributed by atoms with Crippen molar-refractivity contribution in [3.8, 4) is 0 Å². The van der Waals surface area contributed by atoms with Gasteiger partial charge in [-0.1, -0.05) is 6.07 Å². The summed E-state index contributed by atoms with van der Waals surface area (Å²) in [4.78, 5) is 8.54. The molecule has 0 saturated carbocycles. The molecular formula is C12H17N5. The molecule has 1 atom stereocenters. The molecule has 17 heavy (non-hydrogen) atoms. The molecule has 5 nitrogen and oxygen atoms in total. The molecule has 2 aromatic heterocycles. The quantitative estimate of drug-likeness (QED) is 0.848. The smallest absolute Gasteiger partial charge is 0.140 e. The molecule has 0 amide bonds. The maximum atomic E-state index is 4.32. The number of nitrogens with zero attached hydrogens (tertiary/aromatic N) is 4. The van der Waals surface area contributed by atoms with Crippen molar-refractivity contribution in [1.82, 2.24) is 25.1 Å². The van der Waals surface area contributed by atoms with Gasteiger partial charge in [0.25, 0.3) is 0 Å². The summed E-state index contributed by atoms with van der Waals surface area (Å²) >= 11 is 0. The van der Waals surface area contributed by atoms with Gasteiger partial charge in [-0.2, -0.15) is 5.10 Å². The van der Waals surface area contributed by atoms with E-state index in [0.29, 0.717) is 6.54 Å². The second kappa shape index (κ2) is 5.54. The largest absolute Gasteiger partial charge is 0.302 e.